The molecule has 1 radical (unpaired) electrons. The van der Waals surface area contributed by atoms with E-state index in [1.807, 2.05) is 0 Å². The van der Waals surface area contributed by atoms with Crippen LogP contribution in [0.15, 0.2) is 6.20 Å². The Balaban J connectivity index is 2.77. The van der Waals surface area contributed by atoms with Crippen LogP contribution < -0.4 is 0 Å². The summed E-state index contributed by atoms with van der Waals surface area (Å²) in [6.45, 7) is 3.62. The molecule has 1 atom stereocenters. The second-order valence-corrected chi connectivity index (χ2v) is 2.04. The number of aromatic nitrogens is 3. The van der Waals surface area contributed by atoms with Crippen molar-refractivity contribution in [3.63, 3.8) is 0 Å². The van der Waals surface area contributed by atoms with E-state index < -0.39 is 0 Å². The van der Waals surface area contributed by atoms with Crippen LogP contribution in [-0.2, 0) is 0 Å². The summed E-state index contributed by atoms with van der Waals surface area (Å²) in [5, 5.41) is 9.64. The van der Waals surface area contributed by atoms with Crippen molar-refractivity contribution >= 4 is 12.6 Å². The lowest BCUT2D eigenvalue weighted by molar-refractivity contribution is 0.916. The molecule has 1 aromatic heterocycles. The van der Waals surface area contributed by atoms with Crippen LogP contribution in [0.5, 0.6) is 0 Å². The predicted octanol–water partition coefficient (Wildman–Crippen LogP) is 0.610. The first kappa shape index (κ1) is 5.62. The zero-order chi connectivity index (χ0) is 5.98. The van der Waals surface area contributed by atoms with Crippen LogP contribution in [0, 0.1) is 6.92 Å². The van der Waals surface area contributed by atoms with Gasteiger partial charge in [0.1, 0.15) is 0 Å². The minimum Gasteiger partial charge on any atom is -0.265 e. The maximum Gasteiger partial charge on any atom is 0.0951 e. The summed E-state index contributed by atoms with van der Waals surface area (Å²) in [5.41, 5.74) is 0.772. The number of rotatable bonds is 1. The molecule has 0 aromatic carbocycles. The number of thiol groups is 1. The van der Waals surface area contributed by atoms with Crippen molar-refractivity contribution < 1.29 is 0 Å². The molecule has 0 aliphatic carbocycles. The normalized spacial score (nSPS) is 13.8. The van der Waals surface area contributed by atoms with Gasteiger partial charge in [0.2, 0.25) is 0 Å². The first-order valence-electron chi connectivity index (χ1n) is 2.18. The number of nitrogens with zero attached hydrogens (tertiary/aromatic N) is 2. The van der Waals surface area contributed by atoms with E-state index >= 15 is 0 Å². The van der Waals surface area contributed by atoms with Gasteiger partial charge in [-0.25, -0.2) is 0 Å². The number of nitrogens with one attached hydrogen (secondary N) is 1. The number of hydrogen-bond donors (Lipinski definition) is 2. The lowest BCUT2D eigenvalue weighted by Gasteiger charge is -1.91. The van der Waals surface area contributed by atoms with Gasteiger partial charge in [-0.2, -0.15) is 12.6 Å². The highest BCUT2D eigenvalue weighted by Gasteiger charge is 1.99. The molecule has 0 saturated carbocycles. The standard InChI is InChI=1S/C4H6N3S/c1-3(8)4-2-5-7-6-4/h2-3,8H,1H2,(H,5,6,7). The molecule has 1 heterocycles. The summed E-state index contributed by atoms with van der Waals surface area (Å²) in [6.07, 6.45) is 1.67. The summed E-state index contributed by atoms with van der Waals surface area (Å²) >= 11 is 4.02. The van der Waals surface area contributed by atoms with E-state index in [1.54, 1.807) is 6.20 Å². The SMILES string of the molecule is [CH2]C(S)c1c[nH]nn1. The Labute approximate surface area is 52.9 Å². The highest BCUT2D eigenvalue weighted by Crippen LogP contribution is 2.12. The molecule has 0 amide bonds. The summed E-state index contributed by atoms with van der Waals surface area (Å²) in [6, 6.07) is 0. The van der Waals surface area contributed by atoms with E-state index in [0.717, 1.165) is 5.69 Å². The lowest BCUT2D eigenvalue weighted by Crippen LogP contribution is -1.82. The minimum absolute atomic E-state index is 0.0752. The van der Waals surface area contributed by atoms with Crippen LogP contribution in [-0.4, -0.2) is 15.4 Å². The Morgan fingerprint density at radius 3 is 2.88 bits per heavy atom. The second-order valence-electron chi connectivity index (χ2n) is 1.41. The zero-order valence-electron chi connectivity index (χ0n) is 4.20. The zero-order valence-corrected chi connectivity index (χ0v) is 5.10. The molecule has 0 aliphatic heterocycles. The smallest absolute Gasteiger partial charge is 0.0951 e. The van der Waals surface area contributed by atoms with Crippen molar-refractivity contribution in [2.45, 2.75) is 5.25 Å². The molecule has 1 aromatic rings. The molecule has 1 unspecified atom stereocenters. The number of aromatic amines is 1. The van der Waals surface area contributed by atoms with Gasteiger partial charge in [0, 0.05) is 11.4 Å². The third-order valence-electron chi connectivity index (χ3n) is 0.777. The number of H-pyrrole nitrogens is 1. The third-order valence-corrected chi connectivity index (χ3v) is 1.04. The molecule has 0 spiro atoms. The highest BCUT2D eigenvalue weighted by molar-refractivity contribution is 7.80. The summed E-state index contributed by atoms with van der Waals surface area (Å²) in [4.78, 5) is 0. The van der Waals surface area contributed by atoms with Crippen molar-refractivity contribution in [2.75, 3.05) is 0 Å². The molecule has 0 bridgehead atoms. The first-order valence-corrected chi connectivity index (χ1v) is 2.70. The lowest BCUT2D eigenvalue weighted by atomic mass is 10.4. The first-order chi connectivity index (χ1) is 3.80. The van der Waals surface area contributed by atoms with Gasteiger partial charge in [-0.3, -0.25) is 5.10 Å². The molecule has 3 nitrogen and oxygen atoms in total. The van der Waals surface area contributed by atoms with Crippen molar-refractivity contribution in [2.24, 2.45) is 0 Å². The molecule has 4 heteroatoms. The molecule has 0 saturated heterocycles. The molecule has 0 aliphatic rings. The van der Waals surface area contributed by atoms with Gasteiger partial charge in [0.15, 0.2) is 0 Å². The van der Waals surface area contributed by atoms with Crippen LogP contribution in [0.3, 0.4) is 0 Å². The predicted molar refractivity (Wildman–Crippen MR) is 33.5 cm³/mol. The van der Waals surface area contributed by atoms with Crippen LogP contribution in [0.4, 0.5) is 0 Å². The van der Waals surface area contributed by atoms with Crippen LogP contribution in [0.1, 0.15) is 10.9 Å². The maximum atomic E-state index is 4.02. The Hall–Kier alpha value is -0.510. The van der Waals surface area contributed by atoms with Gasteiger partial charge >= 0.3 is 0 Å². The van der Waals surface area contributed by atoms with Gasteiger partial charge in [0.05, 0.1) is 5.69 Å². The van der Waals surface area contributed by atoms with Crippen molar-refractivity contribution in [1.82, 2.24) is 15.4 Å². The van der Waals surface area contributed by atoms with Gasteiger partial charge in [-0.1, -0.05) is 5.21 Å². The Morgan fingerprint density at radius 2 is 2.62 bits per heavy atom. The molecule has 0 fully saturated rings. The van der Waals surface area contributed by atoms with Crippen molar-refractivity contribution in [3.05, 3.63) is 18.8 Å². The van der Waals surface area contributed by atoms with E-state index in [4.69, 9.17) is 0 Å². The molecule has 1 N–H and O–H groups in total. The van der Waals surface area contributed by atoms with Crippen LogP contribution in [0.2, 0.25) is 0 Å². The van der Waals surface area contributed by atoms with Gasteiger partial charge in [-0.05, 0) is 6.92 Å². The highest BCUT2D eigenvalue weighted by atomic mass is 32.1. The third kappa shape index (κ3) is 1.01. The van der Waals surface area contributed by atoms with Gasteiger partial charge in [-0.15, -0.1) is 5.10 Å². The molecule has 1 rings (SSSR count). The average Bonchev–Trinajstić information content (AvgIpc) is 2.12. The monoisotopic (exact) mass is 128 g/mol. The van der Waals surface area contributed by atoms with E-state index in [-0.39, 0.29) is 5.25 Å². The van der Waals surface area contributed by atoms with Crippen LogP contribution in [0.25, 0.3) is 0 Å². The van der Waals surface area contributed by atoms with Gasteiger partial charge in [0.25, 0.3) is 0 Å². The Bertz CT molecular complexity index is 146. The Kier molecular flexibility index (Phi) is 1.53. The quantitative estimate of drug-likeness (QED) is 0.544. The summed E-state index contributed by atoms with van der Waals surface area (Å²) < 4.78 is 0. The van der Waals surface area contributed by atoms with Crippen molar-refractivity contribution in [1.29, 1.82) is 0 Å². The topological polar surface area (TPSA) is 41.6 Å². The Morgan fingerprint density at radius 1 is 1.88 bits per heavy atom. The fourth-order valence-corrected chi connectivity index (χ4v) is 0.499. The van der Waals surface area contributed by atoms with E-state index in [0.29, 0.717) is 0 Å². The molecular weight excluding hydrogens is 122 g/mol. The van der Waals surface area contributed by atoms with E-state index in [1.165, 1.54) is 0 Å². The summed E-state index contributed by atoms with van der Waals surface area (Å²) in [5.74, 6) is 0. The maximum absolute atomic E-state index is 4.02. The second kappa shape index (κ2) is 2.17. The number of hydrogen-bond acceptors (Lipinski definition) is 3. The van der Waals surface area contributed by atoms with Crippen molar-refractivity contribution in [3.8, 4) is 0 Å². The van der Waals surface area contributed by atoms with E-state index in [2.05, 4.69) is 35.0 Å². The minimum atomic E-state index is -0.0752. The van der Waals surface area contributed by atoms with Gasteiger partial charge < -0.3 is 0 Å². The molecule has 8 heavy (non-hydrogen) atoms. The fourth-order valence-electron chi connectivity index (χ4n) is 0.373. The summed E-state index contributed by atoms with van der Waals surface area (Å²) in [7, 11) is 0. The molecular formula is C4H6N3S. The molecule has 43 valence electrons. The largest absolute Gasteiger partial charge is 0.265 e. The van der Waals surface area contributed by atoms with E-state index in [9.17, 15) is 0 Å². The fraction of sp³-hybridized carbons (Fsp3) is 0.250. The average molecular weight is 128 g/mol. The van der Waals surface area contributed by atoms with Crippen LogP contribution >= 0.6 is 12.6 Å².